The molecule has 2 unspecified atom stereocenters. The Morgan fingerprint density at radius 3 is 2.80 bits per heavy atom. The molecule has 0 aliphatic carbocycles. The number of rotatable bonds is 4. The van der Waals surface area contributed by atoms with Gasteiger partial charge in [-0.2, -0.15) is 0 Å². The number of nitrogens with one attached hydrogen (secondary N) is 2. The number of carbonyl (C=O) groups is 1. The van der Waals surface area contributed by atoms with Gasteiger partial charge in [-0.3, -0.25) is 4.79 Å². The number of halogens is 2. The predicted molar refractivity (Wildman–Crippen MR) is 79.3 cm³/mol. The summed E-state index contributed by atoms with van der Waals surface area (Å²) in [5.74, 6) is -0.208. The molecule has 0 radical (unpaired) electrons. The molecule has 5 nitrogen and oxygen atoms in total. The van der Waals surface area contributed by atoms with Gasteiger partial charge in [0.05, 0.1) is 12.7 Å². The number of hydrogen-bond donors (Lipinski definition) is 3. The molecule has 7 heteroatoms. The number of benzene rings is 1. The van der Waals surface area contributed by atoms with Gasteiger partial charge in [0.25, 0.3) is 5.91 Å². The van der Waals surface area contributed by atoms with E-state index in [-0.39, 0.29) is 24.9 Å². The summed E-state index contributed by atoms with van der Waals surface area (Å²) in [6, 6.07) is 6.88. The third-order valence-corrected chi connectivity index (χ3v) is 3.20. The highest BCUT2D eigenvalue weighted by atomic mass is 35.5. The second-order valence-corrected chi connectivity index (χ2v) is 4.81. The molecule has 0 saturated carbocycles. The highest BCUT2D eigenvalue weighted by molar-refractivity contribution is 6.30. The molecule has 1 aromatic carbocycles. The van der Waals surface area contributed by atoms with Crippen molar-refractivity contribution >= 4 is 29.9 Å². The monoisotopic (exact) mass is 320 g/mol. The first-order valence-corrected chi connectivity index (χ1v) is 6.58. The first-order chi connectivity index (χ1) is 9.16. The molecular weight excluding hydrogens is 303 g/mol. The van der Waals surface area contributed by atoms with Crippen molar-refractivity contribution in [3.8, 4) is 0 Å². The van der Waals surface area contributed by atoms with Crippen LogP contribution in [0.3, 0.4) is 0 Å². The van der Waals surface area contributed by atoms with Gasteiger partial charge in [0.1, 0.15) is 6.10 Å². The van der Waals surface area contributed by atoms with Crippen molar-refractivity contribution in [3.05, 3.63) is 34.9 Å². The quantitative estimate of drug-likeness (QED) is 0.771. The second-order valence-electron chi connectivity index (χ2n) is 4.38. The minimum Gasteiger partial charge on any atom is -0.387 e. The Morgan fingerprint density at radius 1 is 1.50 bits per heavy atom. The van der Waals surface area contributed by atoms with E-state index >= 15 is 0 Å². The first-order valence-electron chi connectivity index (χ1n) is 6.20. The lowest BCUT2D eigenvalue weighted by Gasteiger charge is -2.23. The minimum atomic E-state index is -0.752. The molecule has 112 valence electrons. The number of ether oxygens (including phenoxy) is 1. The van der Waals surface area contributed by atoms with Crippen LogP contribution < -0.4 is 10.6 Å². The van der Waals surface area contributed by atoms with Gasteiger partial charge in [-0.05, 0) is 17.7 Å². The summed E-state index contributed by atoms with van der Waals surface area (Å²) in [4.78, 5) is 11.8. The topological polar surface area (TPSA) is 70.6 Å². The number of morpholine rings is 1. The smallest absolute Gasteiger partial charge is 0.250 e. The van der Waals surface area contributed by atoms with Crippen molar-refractivity contribution in [1.29, 1.82) is 0 Å². The van der Waals surface area contributed by atoms with Crippen LogP contribution in [0.4, 0.5) is 0 Å². The molecule has 1 aliphatic heterocycles. The third kappa shape index (κ3) is 4.92. The molecule has 1 amide bonds. The average molecular weight is 321 g/mol. The summed E-state index contributed by atoms with van der Waals surface area (Å²) in [5.41, 5.74) is 0.715. The molecule has 1 aliphatic rings. The Bertz CT molecular complexity index is 422. The van der Waals surface area contributed by atoms with E-state index in [0.29, 0.717) is 23.7 Å². The zero-order valence-corrected chi connectivity index (χ0v) is 12.4. The van der Waals surface area contributed by atoms with Crippen molar-refractivity contribution in [1.82, 2.24) is 10.6 Å². The van der Waals surface area contributed by atoms with E-state index in [1.807, 2.05) is 0 Å². The fourth-order valence-electron chi connectivity index (χ4n) is 1.85. The van der Waals surface area contributed by atoms with Gasteiger partial charge in [0.2, 0.25) is 0 Å². The fraction of sp³-hybridized carbons (Fsp3) is 0.462. The molecule has 0 spiro atoms. The summed E-state index contributed by atoms with van der Waals surface area (Å²) in [7, 11) is 0. The number of aliphatic hydroxyl groups excluding tert-OH is 1. The summed E-state index contributed by atoms with van der Waals surface area (Å²) in [6.07, 6.45) is -1.23. The average Bonchev–Trinajstić information content (AvgIpc) is 2.46. The molecule has 2 rings (SSSR count). The van der Waals surface area contributed by atoms with Gasteiger partial charge in [0.15, 0.2) is 0 Å². The van der Waals surface area contributed by atoms with Gasteiger partial charge < -0.3 is 20.5 Å². The standard InChI is InChI=1S/C13H17ClN2O3.ClH/c14-10-3-1-9(2-4-10)11(17)7-16-13(18)12-8-15-5-6-19-12;/h1-4,11-12,15,17H,5-8H2,(H,16,18);1H. The van der Waals surface area contributed by atoms with Crippen molar-refractivity contribution in [2.45, 2.75) is 12.2 Å². The highest BCUT2D eigenvalue weighted by Crippen LogP contribution is 2.15. The number of hydrogen-bond acceptors (Lipinski definition) is 4. The normalized spacial score (nSPS) is 19.8. The van der Waals surface area contributed by atoms with Crippen LogP contribution in [0, 0.1) is 0 Å². The Balaban J connectivity index is 0.00000200. The number of amides is 1. The molecule has 1 aromatic rings. The van der Waals surface area contributed by atoms with Gasteiger partial charge >= 0.3 is 0 Å². The van der Waals surface area contributed by atoms with Crippen molar-refractivity contribution in [2.24, 2.45) is 0 Å². The van der Waals surface area contributed by atoms with Gasteiger partial charge in [-0.25, -0.2) is 0 Å². The zero-order chi connectivity index (χ0) is 13.7. The Hall–Kier alpha value is -0.850. The molecular formula is C13H18Cl2N2O3. The summed E-state index contributed by atoms with van der Waals surface area (Å²) < 4.78 is 5.32. The van der Waals surface area contributed by atoms with Gasteiger partial charge in [-0.1, -0.05) is 23.7 Å². The summed E-state index contributed by atoms with van der Waals surface area (Å²) >= 11 is 5.77. The first kappa shape index (κ1) is 17.2. The third-order valence-electron chi connectivity index (χ3n) is 2.94. The number of carbonyl (C=O) groups excluding carboxylic acids is 1. The van der Waals surface area contributed by atoms with Crippen LogP contribution in [0.25, 0.3) is 0 Å². The van der Waals surface area contributed by atoms with Crippen LogP contribution in [0.1, 0.15) is 11.7 Å². The lowest BCUT2D eigenvalue weighted by atomic mass is 10.1. The van der Waals surface area contributed by atoms with Crippen molar-refractivity contribution < 1.29 is 14.6 Å². The molecule has 0 bridgehead atoms. The Labute approximate surface area is 129 Å². The van der Waals surface area contributed by atoms with Gasteiger partial charge in [0, 0.05) is 24.7 Å². The van der Waals surface area contributed by atoms with Crippen LogP contribution in [0.5, 0.6) is 0 Å². The van der Waals surface area contributed by atoms with E-state index in [1.54, 1.807) is 24.3 Å². The van der Waals surface area contributed by atoms with E-state index in [0.717, 1.165) is 6.54 Å². The van der Waals surface area contributed by atoms with Crippen LogP contribution in [0.15, 0.2) is 24.3 Å². The maximum absolute atomic E-state index is 11.8. The zero-order valence-electron chi connectivity index (χ0n) is 10.8. The molecule has 0 aromatic heterocycles. The van der Waals surface area contributed by atoms with Crippen LogP contribution in [-0.2, 0) is 9.53 Å². The van der Waals surface area contributed by atoms with E-state index < -0.39 is 12.2 Å². The molecule has 3 N–H and O–H groups in total. The van der Waals surface area contributed by atoms with Crippen LogP contribution >= 0.6 is 24.0 Å². The molecule has 1 saturated heterocycles. The minimum absolute atomic E-state index is 0. The molecule has 1 heterocycles. The van der Waals surface area contributed by atoms with Crippen LogP contribution in [0.2, 0.25) is 5.02 Å². The van der Waals surface area contributed by atoms with Crippen molar-refractivity contribution in [2.75, 3.05) is 26.2 Å². The van der Waals surface area contributed by atoms with E-state index in [9.17, 15) is 9.90 Å². The highest BCUT2D eigenvalue weighted by Gasteiger charge is 2.22. The Kier molecular flexibility index (Phi) is 7.26. The number of aliphatic hydroxyl groups is 1. The van der Waals surface area contributed by atoms with Crippen molar-refractivity contribution in [3.63, 3.8) is 0 Å². The predicted octanol–water partition coefficient (Wildman–Crippen LogP) is 0.900. The lowest BCUT2D eigenvalue weighted by Crippen LogP contribution is -2.48. The summed E-state index contributed by atoms with van der Waals surface area (Å²) in [6.45, 7) is 1.94. The molecule has 2 atom stereocenters. The fourth-order valence-corrected chi connectivity index (χ4v) is 1.97. The SMILES string of the molecule is Cl.O=C(NCC(O)c1ccc(Cl)cc1)C1CNCCO1. The maximum atomic E-state index is 11.8. The molecule has 1 fully saturated rings. The Morgan fingerprint density at radius 2 is 2.20 bits per heavy atom. The maximum Gasteiger partial charge on any atom is 0.250 e. The van der Waals surface area contributed by atoms with E-state index in [1.165, 1.54) is 0 Å². The van der Waals surface area contributed by atoms with Gasteiger partial charge in [-0.15, -0.1) is 12.4 Å². The van der Waals surface area contributed by atoms with E-state index in [4.69, 9.17) is 16.3 Å². The molecule has 20 heavy (non-hydrogen) atoms. The second kappa shape index (κ2) is 8.44. The lowest BCUT2D eigenvalue weighted by molar-refractivity contribution is -0.134. The summed E-state index contributed by atoms with van der Waals surface area (Å²) in [5, 5.41) is 16.3. The van der Waals surface area contributed by atoms with E-state index in [2.05, 4.69) is 10.6 Å². The largest absolute Gasteiger partial charge is 0.387 e. The van der Waals surface area contributed by atoms with Crippen LogP contribution in [-0.4, -0.2) is 43.4 Å².